The Balaban J connectivity index is 2.30. The van der Waals surface area contributed by atoms with Gasteiger partial charge in [-0.15, -0.1) is 0 Å². The molecular weight excluding hydrogens is 275 g/mol. The minimum absolute atomic E-state index is 0.110. The van der Waals surface area contributed by atoms with Crippen molar-refractivity contribution in [2.75, 3.05) is 5.73 Å². The minimum Gasteiger partial charge on any atom is -0.398 e. The number of alkyl halides is 3. The summed E-state index contributed by atoms with van der Waals surface area (Å²) in [4.78, 5) is 0.580. The fourth-order valence-corrected chi connectivity index (χ4v) is 2.55. The van der Waals surface area contributed by atoms with Crippen LogP contribution >= 0.6 is 11.8 Å². The van der Waals surface area contributed by atoms with Crippen molar-refractivity contribution >= 4 is 17.4 Å². The topological polar surface area (TPSA) is 43.8 Å². The van der Waals surface area contributed by atoms with Gasteiger partial charge >= 0.3 is 6.18 Å². The summed E-state index contributed by atoms with van der Waals surface area (Å²) in [5, 5.41) is 4.99. The van der Waals surface area contributed by atoms with Gasteiger partial charge in [0.05, 0.1) is 16.3 Å². The van der Waals surface area contributed by atoms with E-state index in [-0.39, 0.29) is 5.69 Å². The molecule has 0 unspecified atom stereocenters. The van der Waals surface area contributed by atoms with Crippen molar-refractivity contribution in [1.82, 2.24) is 9.78 Å². The summed E-state index contributed by atoms with van der Waals surface area (Å²) in [7, 11) is 1.77. The third-order valence-electron chi connectivity index (χ3n) is 2.51. The Morgan fingerprint density at radius 2 is 1.95 bits per heavy atom. The molecule has 0 fully saturated rings. The van der Waals surface area contributed by atoms with E-state index in [2.05, 4.69) is 5.10 Å². The molecule has 0 aliphatic carbocycles. The number of rotatable bonds is 2. The first-order valence-electron chi connectivity index (χ1n) is 5.42. The first-order valence-corrected chi connectivity index (χ1v) is 6.24. The van der Waals surface area contributed by atoms with E-state index >= 15 is 0 Å². The smallest absolute Gasteiger partial charge is 0.398 e. The van der Waals surface area contributed by atoms with E-state index < -0.39 is 11.7 Å². The molecule has 0 aliphatic rings. The molecule has 1 aromatic carbocycles. The Morgan fingerprint density at radius 1 is 1.26 bits per heavy atom. The summed E-state index contributed by atoms with van der Waals surface area (Å²) in [6.07, 6.45) is -4.37. The number of hydrogen-bond acceptors (Lipinski definition) is 3. The Morgan fingerprint density at radius 3 is 2.42 bits per heavy atom. The van der Waals surface area contributed by atoms with Crippen molar-refractivity contribution < 1.29 is 13.2 Å². The fraction of sp³-hybridized carbons (Fsp3) is 0.250. The van der Waals surface area contributed by atoms with Crippen molar-refractivity contribution in [3.05, 3.63) is 35.5 Å². The van der Waals surface area contributed by atoms with Crippen molar-refractivity contribution in [3.8, 4) is 0 Å². The highest BCUT2D eigenvalue weighted by Gasteiger charge is 2.30. The predicted octanol–water partition coefficient (Wildman–Crippen LogP) is 3.48. The summed E-state index contributed by atoms with van der Waals surface area (Å²) in [5.41, 5.74) is 5.88. The van der Waals surface area contributed by atoms with Crippen molar-refractivity contribution in [2.24, 2.45) is 7.05 Å². The van der Waals surface area contributed by atoms with E-state index in [0.717, 1.165) is 22.9 Å². The maximum absolute atomic E-state index is 12.5. The van der Waals surface area contributed by atoms with Gasteiger partial charge in [-0.1, -0.05) is 11.8 Å². The second-order valence-corrected chi connectivity index (χ2v) is 5.16. The number of nitrogens with two attached hydrogens (primary N) is 1. The molecule has 19 heavy (non-hydrogen) atoms. The molecular formula is C12H12F3N3S. The lowest BCUT2D eigenvalue weighted by molar-refractivity contribution is -0.137. The maximum Gasteiger partial charge on any atom is 0.416 e. The van der Waals surface area contributed by atoms with Gasteiger partial charge in [0, 0.05) is 17.6 Å². The van der Waals surface area contributed by atoms with Gasteiger partial charge in [-0.2, -0.15) is 18.3 Å². The van der Waals surface area contributed by atoms with Gasteiger partial charge in [-0.25, -0.2) is 0 Å². The number of nitrogen functional groups attached to an aromatic ring is 1. The first-order chi connectivity index (χ1) is 8.77. The number of aryl methyl sites for hydroxylation is 2. The Labute approximate surface area is 112 Å². The molecule has 7 heteroatoms. The highest BCUT2D eigenvalue weighted by atomic mass is 32.2. The molecule has 0 bridgehead atoms. The number of anilines is 1. The molecule has 2 rings (SSSR count). The van der Waals surface area contributed by atoms with Crippen molar-refractivity contribution in [2.45, 2.75) is 23.0 Å². The van der Waals surface area contributed by atoms with Crippen LogP contribution in [-0.2, 0) is 13.2 Å². The molecule has 0 saturated carbocycles. The third-order valence-corrected chi connectivity index (χ3v) is 3.69. The normalized spacial score (nSPS) is 11.8. The summed E-state index contributed by atoms with van der Waals surface area (Å²) >= 11 is 1.29. The van der Waals surface area contributed by atoms with Crippen molar-refractivity contribution in [3.63, 3.8) is 0 Å². The zero-order valence-corrected chi connectivity index (χ0v) is 11.1. The van der Waals surface area contributed by atoms with E-state index in [4.69, 9.17) is 5.73 Å². The summed E-state index contributed by atoms with van der Waals surface area (Å²) in [6.45, 7) is 1.85. The van der Waals surface area contributed by atoms with E-state index in [1.807, 2.05) is 13.0 Å². The van der Waals surface area contributed by atoms with Crippen LogP contribution in [0.5, 0.6) is 0 Å². The lowest BCUT2D eigenvalue weighted by Gasteiger charge is -2.10. The van der Waals surface area contributed by atoms with Gasteiger partial charge in [0.25, 0.3) is 0 Å². The van der Waals surface area contributed by atoms with Crippen LogP contribution < -0.4 is 5.73 Å². The summed E-state index contributed by atoms with van der Waals surface area (Å²) in [5.74, 6) is 0. The zero-order chi connectivity index (χ0) is 14.2. The van der Waals surface area contributed by atoms with Crippen LogP contribution in [0.3, 0.4) is 0 Å². The molecule has 2 aromatic rings. The Bertz CT molecular complexity index is 605. The number of nitrogens with zero attached hydrogens (tertiary/aromatic N) is 2. The highest BCUT2D eigenvalue weighted by molar-refractivity contribution is 7.99. The standard InChI is InChI=1S/C12H12F3N3S/c1-7-5-11(18(2)17-7)19-10-4-3-8(6-9(10)16)12(13,14)15/h3-6H,16H2,1-2H3. The second kappa shape index (κ2) is 4.80. The van der Waals surface area contributed by atoms with Crippen LogP contribution in [0, 0.1) is 6.92 Å². The molecule has 0 spiro atoms. The van der Waals surface area contributed by atoms with Crippen LogP contribution in [0.4, 0.5) is 18.9 Å². The second-order valence-electron chi connectivity index (χ2n) is 4.10. The van der Waals surface area contributed by atoms with Gasteiger partial charge in [0.15, 0.2) is 0 Å². The van der Waals surface area contributed by atoms with Crippen LogP contribution in [0.1, 0.15) is 11.3 Å². The average Bonchev–Trinajstić information content (AvgIpc) is 2.59. The van der Waals surface area contributed by atoms with Crippen LogP contribution in [-0.4, -0.2) is 9.78 Å². The number of aromatic nitrogens is 2. The molecule has 1 heterocycles. The molecule has 0 aliphatic heterocycles. The van der Waals surface area contributed by atoms with Crippen molar-refractivity contribution in [1.29, 1.82) is 0 Å². The molecule has 3 nitrogen and oxygen atoms in total. The molecule has 2 N–H and O–H groups in total. The third kappa shape index (κ3) is 3.04. The molecule has 0 atom stereocenters. The lowest BCUT2D eigenvalue weighted by atomic mass is 10.2. The fourth-order valence-electron chi connectivity index (χ4n) is 1.61. The van der Waals surface area contributed by atoms with Gasteiger partial charge in [0.1, 0.15) is 0 Å². The van der Waals surface area contributed by atoms with Gasteiger partial charge in [-0.3, -0.25) is 4.68 Å². The molecule has 102 valence electrons. The molecule has 0 saturated heterocycles. The first kappa shape index (κ1) is 13.8. The van der Waals surface area contributed by atoms with Gasteiger partial charge in [0.2, 0.25) is 0 Å². The minimum atomic E-state index is -4.37. The van der Waals surface area contributed by atoms with E-state index in [9.17, 15) is 13.2 Å². The number of halogens is 3. The molecule has 1 aromatic heterocycles. The summed E-state index contributed by atoms with van der Waals surface area (Å²) in [6, 6.07) is 5.21. The summed E-state index contributed by atoms with van der Waals surface area (Å²) < 4.78 is 39.2. The number of hydrogen-bond donors (Lipinski definition) is 1. The monoisotopic (exact) mass is 287 g/mol. The average molecular weight is 287 g/mol. The lowest BCUT2D eigenvalue weighted by Crippen LogP contribution is -2.05. The van der Waals surface area contributed by atoms with E-state index in [1.54, 1.807) is 11.7 Å². The molecule has 0 radical (unpaired) electrons. The maximum atomic E-state index is 12.5. The van der Waals surface area contributed by atoms with Gasteiger partial charge < -0.3 is 5.73 Å². The van der Waals surface area contributed by atoms with Gasteiger partial charge in [-0.05, 0) is 31.2 Å². The van der Waals surface area contributed by atoms with E-state index in [0.29, 0.717) is 4.90 Å². The highest BCUT2D eigenvalue weighted by Crippen LogP contribution is 2.36. The van der Waals surface area contributed by atoms with E-state index in [1.165, 1.54) is 17.8 Å². The van der Waals surface area contributed by atoms with Crippen LogP contribution in [0.25, 0.3) is 0 Å². The van der Waals surface area contributed by atoms with Crippen LogP contribution in [0.15, 0.2) is 34.2 Å². The van der Waals surface area contributed by atoms with Crippen LogP contribution in [0.2, 0.25) is 0 Å². The quantitative estimate of drug-likeness (QED) is 0.860. The predicted molar refractivity (Wildman–Crippen MR) is 67.9 cm³/mol. The largest absolute Gasteiger partial charge is 0.416 e. The SMILES string of the molecule is Cc1cc(Sc2ccc(C(F)(F)F)cc2N)n(C)n1. The molecule has 0 amide bonds. The Kier molecular flexibility index (Phi) is 3.49. The number of benzene rings is 1. The Hall–Kier alpha value is -1.63. The zero-order valence-electron chi connectivity index (χ0n) is 10.3.